The maximum absolute atomic E-state index is 9.86. The number of benzene rings is 1. The van der Waals surface area contributed by atoms with E-state index in [4.69, 9.17) is 9.26 Å². The highest BCUT2D eigenvalue weighted by molar-refractivity contribution is 5.65. The number of hydrogen-bond donors (Lipinski definition) is 2. The Balaban J connectivity index is 1.96. The van der Waals surface area contributed by atoms with Crippen LogP contribution >= 0.6 is 0 Å². The lowest BCUT2D eigenvalue weighted by Gasteiger charge is -2.16. The van der Waals surface area contributed by atoms with Crippen molar-refractivity contribution in [2.75, 3.05) is 13.2 Å². The Morgan fingerprint density at radius 3 is 2.80 bits per heavy atom. The highest BCUT2D eigenvalue weighted by atomic mass is 16.5. The molecule has 0 amide bonds. The highest BCUT2D eigenvalue weighted by Crippen LogP contribution is 2.29. The predicted molar refractivity (Wildman–Crippen MR) is 76.6 cm³/mol. The highest BCUT2D eigenvalue weighted by Gasteiger charge is 2.11. The SMILES string of the molecule is CC(C)NCC(O)COc1ccccc1-c1ccno1. The molecular weight excluding hydrogens is 256 g/mol. The number of para-hydroxylation sites is 1. The molecule has 0 saturated carbocycles. The fourth-order valence-corrected chi connectivity index (χ4v) is 1.77. The van der Waals surface area contributed by atoms with E-state index in [0.29, 0.717) is 24.1 Å². The summed E-state index contributed by atoms with van der Waals surface area (Å²) in [5.74, 6) is 1.32. The maximum atomic E-state index is 9.86. The van der Waals surface area contributed by atoms with Crippen LogP contribution in [0.2, 0.25) is 0 Å². The van der Waals surface area contributed by atoms with Crippen molar-refractivity contribution in [1.29, 1.82) is 0 Å². The molecule has 20 heavy (non-hydrogen) atoms. The quantitative estimate of drug-likeness (QED) is 0.810. The van der Waals surface area contributed by atoms with Crippen molar-refractivity contribution in [2.45, 2.75) is 26.0 Å². The van der Waals surface area contributed by atoms with E-state index in [-0.39, 0.29) is 6.61 Å². The molecule has 0 aliphatic carbocycles. The standard InChI is InChI=1S/C15H20N2O3/c1-11(2)16-9-12(18)10-19-14-6-4-3-5-13(14)15-7-8-17-20-15/h3-8,11-12,16,18H,9-10H2,1-2H3. The van der Waals surface area contributed by atoms with Gasteiger partial charge in [-0.1, -0.05) is 31.1 Å². The van der Waals surface area contributed by atoms with Gasteiger partial charge in [0, 0.05) is 18.7 Å². The Bertz CT molecular complexity index is 512. The minimum atomic E-state index is -0.555. The third kappa shape index (κ3) is 4.08. The summed E-state index contributed by atoms with van der Waals surface area (Å²) in [6.07, 6.45) is 1.04. The molecule has 1 aromatic heterocycles. The summed E-state index contributed by atoms with van der Waals surface area (Å²) in [4.78, 5) is 0. The Morgan fingerprint density at radius 2 is 2.10 bits per heavy atom. The Hall–Kier alpha value is -1.85. The van der Waals surface area contributed by atoms with Crippen LogP contribution in [0.15, 0.2) is 41.1 Å². The van der Waals surface area contributed by atoms with Gasteiger partial charge in [0.25, 0.3) is 0 Å². The van der Waals surface area contributed by atoms with E-state index in [2.05, 4.69) is 10.5 Å². The molecule has 0 radical (unpaired) electrons. The minimum Gasteiger partial charge on any atom is -0.490 e. The Kier molecular flexibility index (Phi) is 5.15. The number of nitrogens with zero attached hydrogens (tertiary/aromatic N) is 1. The monoisotopic (exact) mass is 276 g/mol. The average Bonchev–Trinajstić information content (AvgIpc) is 2.97. The molecule has 0 saturated heterocycles. The lowest BCUT2D eigenvalue weighted by Crippen LogP contribution is -2.35. The van der Waals surface area contributed by atoms with E-state index in [1.165, 1.54) is 0 Å². The molecule has 2 rings (SSSR count). The van der Waals surface area contributed by atoms with Gasteiger partial charge in [-0.3, -0.25) is 0 Å². The summed E-state index contributed by atoms with van der Waals surface area (Å²) in [5.41, 5.74) is 0.828. The van der Waals surface area contributed by atoms with Crippen LogP contribution in [0.3, 0.4) is 0 Å². The van der Waals surface area contributed by atoms with Crippen LogP contribution in [0.5, 0.6) is 5.75 Å². The largest absolute Gasteiger partial charge is 0.490 e. The molecule has 2 N–H and O–H groups in total. The first kappa shape index (κ1) is 14.6. The summed E-state index contributed by atoms with van der Waals surface area (Å²) < 4.78 is 10.8. The van der Waals surface area contributed by atoms with Crippen molar-refractivity contribution in [3.8, 4) is 17.1 Å². The molecule has 1 unspecified atom stereocenters. The van der Waals surface area contributed by atoms with Crippen molar-refractivity contribution in [3.05, 3.63) is 36.5 Å². The van der Waals surface area contributed by atoms with E-state index >= 15 is 0 Å². The molecule has 1 aromatic carbocycles. The van der Waals surface area contributed by atoms with Gasteiger partial charge in [0.2, 0.25) is 0 Å². The lowest BCUT2D eigenvalue weighted by atomic mass is 10.1. The van der Waals surface area contributed by atoms with Gasteiger partial charge in [0.05, 0.1) is 11.8 Å². The van der Waals surface area contributed by atoms with Gasteiger partial charge in [-0.25, -0.2) is 0 Å². The summed E-state index contributed by atoms with van der Waals surface area (Å²) in [7, 11) is 0. The smallest absolute Gasteiger partial charge is 0.170 e. The van der Waals surface area contributed by atoms with E-state index in [1.807, 2.05) is 38.1 Å². The van der Waals surface area contributed by atoms with Crippen molar-refractivity contribution in [2.24, 2.45) is 0 Å². The molecule has 0 fully saturated rings. The van der Waals surface area contributed by atoms with Crippen molar-refractivity contribution in [1.82, 2.24) is 10.5 Å². The van der Waals surface area contributed by atoms with Crippen LogP contribution in [0.1, 0.15) is 13.8 Å². The Labute approximate surface area is 118 Å². The molecule has 0 aliphatic rings. The molecule has 5 nitrogen and oxygen atoms in total. The fraction of sp³-hybridized carbons (Fsp3) is 0.400. The predicted octanol–water partition coefficient (Wildman–Crippen LogP) is 2.08. The van der Waals surface area contributed by atoms with Crippen LogP contribution in [0.4, 0.5) is 0 Å². The van der Waals surface area contributed by atoms with Gasteiger partial charge in [0.1, 0.15) is 18.5 Å². The number of ether oxygens (including phenoxy) is 1. The number of aliphatic hydroxyl groups is 1. The topological polar surface area (TPSA) is 67.5 Å². The minimum absolute atomic E-state index is 0.227. The van der Waals surface area contributed by atoms with Crippen molar-refractivity contribution >= 4 is 0 Å². The number of aliphatic hydroxyl groups excluding tert-OH is 1. The first-order chi connectivity index (χ1) is 9.66. The van der Waals surface area contributed by atoms with Gasteiger partial charge in [-0.2, -0.15) is 0 Å². The molecule has 5 heteroatoms. The molecule has 0 bridgehead atoms. The third-order valence-electron chi connectivity index (χ3n) is 2.78. The van der Waals surface area contributed by atoms with Crippen LogP contribution in [-0.2, 0) is 0 Å². The molecule has 2 aromatic rings. The van der Waals surface area contributed by atoms with E-state index in [0.717, 1.165) is 5.56 Å². The summed E-state index contributed by atoms with van der Waals surface area (Å²) in [5, 5.41) is 16.7. The molecule has 0 aliphatic heterocycles. The second kappa shape index (κ2) is 7.07. The zero-order chi connectivity index (χ0) is 14.4. The van der Waals surface area contributed by atoms with E-state index in [9.17, 15) is 5.11 Å². The van der Waals surface area contributed by atoms with Crippen LogP contribution in [0.25, 0.3) is 11.3 Å². The van der Waals surface area contributed by atoms with Crippen molar-refractivity contribution in [3.63, 3.8) is 0 Å². The molecule has 1 atom stereocenters. The van der Waals surface area contributed by atoms with E-state index in [1.54, 1.807) is 12.3 Å². The normalized spacial score (nSPS) is 12.6. The lowest BCUT2D eigenvalue weighted by molar-refractivity contribution is 0.105. The number of hydrogen-bond acceptors (Lipinski definition) is 5. The van der Waals surface area contributed by atoms with Gasteiger partial charge in [0.15, 0.2) is 5.76 Å². The van der Waals surface area contributed by atoms with Gasteiger partial charge in [-0.15, -0.1) is 0 Å². The molecule has 0 spiro atoms. The molecule has 108 valence electrons. The second-order valence-electron chi connectivity index (χ2n) is 4.90. The molecular formula is C15H20N2O3. The van der Waals surface area contributed by atoms with Gasteiger partial charge in [-0.05, 0) is 12.1 Å². The van der Waals surface area contributed by atoms with Gasteiger partial charge >= 0.3 is 0 Å². The fourth-order valence-electron chi connectivity index (χ4n) is 1.77. The van der Waals surface area contributed by atoms with Crippen LogP contribution < -0.4 is 10.1 Å². The van der Waals surface area contributed by atoms with E-state index < -0.39 is 6.10 Å². The van der Waals surface area contributed by atoms with Crippen molar-refractivity contribution < 1.29 is 14.4 Å². The second-order valence-corrected chi connectivity index (χ2v) is 4.90. The Morgan fingerprint density at radius 1 is 1.30 bits per heavy atom. The van der Waals surface area contributed by atoms with Crippen LogP contribution in [-0.4, -0.2) is 35.6 Å². The van der Waals surface area contributed by atoms with Gasteiger partial charge < -0.3 is 19.7 Å². The third-order valence-corrected chi connectivity index (χ3v) is 2.78. The zero-order valence-electron chi connectivity index (χ0n) is 11.7. The first-order valence-electron chi connectivity index (χ1n) is 6.71. The average molecular weight is 276 g/mol. The number of nitrogens with one attached hydrogen (secondary N) is 1. The molecule has 1 heterocycles. The van der Waals surface area contributed by atoms with Crippen LogP contribution in [0, 0.1) is 0 Å². The summed E-state index contributed by atoms with van der Waals surface area (Å²) >= 11 is 0. The zero-order valence-corrected chi connectivity index (χ0v) is 11.7. The number of aromatic nitrogens is 1. The first-order valence-corrected chi connectivity index (χ1v) is 6.71. The summed E-state index contributed by atoms with van der Waals surface area (Å²) in [6, 6.07) is 9.65. The number of rotatable bonds is 7. The summed E-state index contributed by atoms with van der Waals surface area (Å²) in [6.45, 7) is 4.80. The maximum Gasteiger partial charge on any atom is 0.170 e.